The minimum absolute atomic E-state index is 0.153. The first-order valence-electron chi connectivity index (χ1n) is 10.7. The van der Waals surface area contributed by atoms with E-state index in [9.17, 15) is 22.8 Å². The normalized spacial score (nSPS) is 11.4. The van der Waals surface area contributed by atoms with E-state index in [1.807, 2.05) is 0 Å². The molecule has 0 aliphatic rings. The van der Waals surface area contributed by atoms with Gasteiger partial charge in [0.2, 0.25) is 5.95 Å². The van der Waals surface area contributed by atoms with E-state index in [2.05, 4.69) is 25.5 Å². The first kappa shape index (κ1) is 24.2. The molecule has 3 aromatic heterocycles. The summed E-state index contributed by atoms with van der Waals surface area (Å²) in [6.45, 7) is -0.908. The molecule has 5 rings (SSSR count). The van der Waals surface area contributed by atoms with Crippen LogP contribution < -0.4 is 16.7 Å². The van der Waals surface area contributed by atoms with Crippen molar-refractivity contribution in [2.75, 3.05) is 5.32 Å². The zero-order chi connectivity index (χ0) is 26.4. The van der Waals surface area contributed by atoms with Crippen molar-refractivity contribution in [3.05, 3.63) is 91.6 Å². The second-order valence-corrected chi connectivity index (χ2v) is 8.59. The van der Waals surface area contributed by atoms with E-state index in [0.717, 1.165) is 9.13 Å². The Morgan fingerprint density at radius 1 is 0.919 bits per heavy atom. The van der Waals surface area contributed by atoms with Crippen LogP contribution in [0.5, 0.6) is 0 Å². The predicted molar refractivity (Wildman–Crippen MR) is 127 cm³/mol. The summed E-state index contributed by atoms with van der Waals surface area (Å²) < 4.78 is 46.5. The fourth-order valence-corrected chi connectivity index (χ4v) is 3.95. The number of aryl methyl sites for hydroxylation is 2. The van der Waals surface area contributed by atoms with Crippen LogP contribution in [0.1, 0.15) is 11.4 Å². The summed E-state index contributed by atoms with van der Waals surface area (Å²) >= 11 is 6.38. The van der Waals surface area contributed by atoms with Crippen molar-refractivity contribution in [2.24, 2.45) is 14.1 Å². The van der Waals surface area contributed by atoms with Crippen molar-refractivity contribution in [1.29, 1.82) is 0 Å². The Bertz CT molecular complexity index is 1790. The lowest BCUT2D eigenvalue weighted by Crippen LogP contribution is -2.43. The van der Waals surface area contributed by atoms with Gasteiger partial charge in [0.05, 0.1) is 29.3 Å². The summed E-state index contributed by atoms with van der Waals surface area (Å²) in [6.07, 6.45) is 3.11. The third-order valence-electron chi connectivity index (χ3n) is 5.47. The molecule has 5 aromatic rings. The molecule has 0 radical (unpaired) electrons. The zero-order valence-corrected chi connectivity index (χ0v) is 20.0. The molecular weight excluding hydrogens is 515 g/mol. The standard InChI is InChI=1S/C22H17ClF3N9O2/c1-32-7-12-4-18(13(23)5-17(12)30-32)28-20-29-21(36)35(9-19-27-10-33(2)31-19)22(37)34(20)8-11-3-15(25)16(26)6-14(11)24/h3-7,10H,8-9H2,1-2H3,(H,28,29,36). The number of halogens is 4. The van der Waals surface area contributed by atoms with Gasteiger partial charge in [0.25, 0.3) is 0 Å². The molecule has 37 heavy (non-hydrogen) atoms. The molecule has 0 saturated carbocycles. The molecule has 11 nitrogen and oxygen atoms in total. The molecule has 0 atom stereocenters. The number of hydrogen-bond acceptors (Lipinski definition) is 7. The summed E-state index contributed by atoms with van der Waals surface area (Å²) in [5.74, 6) is -3.92. The Hall–Kier alpha value is -4.46. The zero-order valence-electron chi connectivity index (χ0n) is 19.3. The molecule has 15 heteroatoms. The molecule has 3 heterocycles. The average Bonchev–Trinajstić information content (AvgIpc) is 3.40. The van der Waals surface area contributed by atoms with E-state index in [1.54, 1.807) is 37.1 Å². The highest BCUT2D eigenvalue weighted by Gasteiger charge is 2.19. The van der Waals surface area contributed by atoms with Crippen molar-refractivity contribution in [2.45, 2.75) is 13.1 Å². The smallest absolute Gasteiger partial charge is 0.324 e. The minimum atomic E-state index is -1.38. The molecular formula is C22H17ClF3N9O2. The molecule has 0 spiro atoms. The Morgan fingerprint density at radius 2 is 1.68 bits per heavy atom. The Kier molecular flexibility index (Phi) is 6.03. The van der Waals surface area contributed by atoms with E-state index < -0.39 is 35.4 Å². The van der Waals surface area contributed by atoms with Crippen LogP contribution >= 0.6 is 11.6 Å². The summed E-state index contributed by atoms with van der Waals surface area (Å²) in [5, 5.41) is 12.0. The van der Waals surface area contributed by atoms with Crippen LogP contribution in [0, 0.1) is 17.5 Å². The van der Waals surface area contributed by atoms with E-state index in [1.165, 1.54) is 11.0 Å². The Morgan fingerprint density at radius 3 is 2.41 bits per heavy atom. The average molecular weight is 532 g/mol. The van der Waals surface area contributed by atoms with Gasteiger partial charge in [0, 0.05) is 37.3 Å². The van der Waals surface area contributed by atoms with E-state index in [4.69, 9.17) is 11.6 Å². The van der Waals surface area contributed by atoms with Gasteiger partial charge in [0.15, 0.2) is 17.5 Å². The van der Waals surface area contributed by atoms with Crippen molar-refractivity contribution >= 4 is 34.1 Å². The minimum Gasteiger partial charge on any atom is -0.324 e. The number of benzene rings is 2. The second kappa shape index (κ2) is 9.20. The van der Waals surface area contributed by atoms with Crippen molar-refractivity contribution in [3.8, 4) is 0 Å². The van der Waals surface area contributed by atoms with Gasteiger partial charge < -0.3 is 5.32 Å². The summed E-state index contributed by atoms with van der Waals surface area (Å²) in [4.78, 5) is 34.2. The molecule has 2 aromatic carbocycles. The van der Waals surface area contributed by atoms with Gasteiger partial charge in [-0.15, -0.1) is 0 Å². The van der Waals surface area contributed by atoms with Gasteiger partial charge in [-0.2, -0.15) is 15.2 Å². The largest absolute Gasteiger partial charge is 0.355 e. The second-order valence-electron chi connectivity index (χ2n) is 8.18. The molecule has 1 N–H and O–H groups in total. The van der Waals surface area contributed by atoms with Crippen molar-refractivity contribution < 1.29 is 13.2 Å². The van der Waals surface area contributed by atoms with Crippen LogP contribution in [0.2, 0.25) is 5.02 Å². The summed E-state index contributed by atoms with van der Waals surface area (Å²) in [7, 11) is 3.34. The quantitative estimate of drug-likeness (QED) is 0.334. The number of rotatable bonds is 6. The van der Waals surface area contributed by atoms with Crippen LogP contribution in [0.25, 0.3) is 10.9 Å². The molecule has 0 bridgehead atoms. The molecule has 0 unspecified atom stereocenters. The van der Waals surface area contributed by atoms with Crippen LogP contribution in [-0.4, -0.2) is 38.7 Å². The Balaban J connectivity index is 1.64. The van der Waals surface area contributed by atoms with Gasteiger partial charge in [0.1, 0.15) is 12.1 Å². The molecule has 0 aliphatic carbocycles. The molecule has 0 saturated heterocycles. The fraction of sp³-hybridized carbons (Fsp3) is 0.182. The molecule has 0 amide bonds. The first-order valence-corrected chi connectivity index (χ1v) is 11.1. The number of nitrogens with one attached hydrogen (secondary N) is 1. The SMILES string of the molecule is Cn1cnc(Cn2c(=O)nc(Nc3cc4cn(C)nc4cc3Cl)n(Cc3cc(F)c(F)cc3F)c2=O)n1. The highest BCUT2D eigenvalue weighted by atomic mass is 35.5. The summed E-state index contributed by atoms with van der Waals surface area (Å²) in [6, 6.07) is 4.20. The lowest BCUT2D eigenvalue weighted by molar-refractivity contribution is 0.485. The van der Waals surface area contributed by atoms with E-state index in [-0.39, 0.29) is 34.6 Å². The maximum atomic E-state index is 14.5. The fourth-order valence-electron chi connectivity index (χ4n) is 3.74. The van der Waals surface area contributed by atoms with Gasteiger partial charge in [-0.1, -0.05) is 11.6 Å². The van der Waals surface area contributed by atoms with E-state index in [0.29, 0.717) is 23.0 Å². The third kappa shape index (κ3) is 4.70. The van der Waals surface area contributed by atoms with E-state index >= 15 is 0 Å². The van der Waals surface area contributed by atoms with Crippen LogP contribution in [-0.2, 0) is 27.2 Å². The van der Waals surface area contributed by atoms with Crippen LogP contribution in [0.15, 0.2) is 46.4 Å². The number of fused-ring (bicyclic) bond motifs is 1. The van der Waals surface area contributed by atoms with Gasteiger partial charge >= 0.3 is 11.4 Å². The highest BCUT2D eigenvalue weighted by molar-refractivity contribution is 6.34. The van der Waals surface area contributed by atoms with Gasteiger partial charge in [-0.25, -0.2) is 32.3 Å². The number of hydrogen-bond donors (Lipinski definition) is 1. The van der Waals surface area contributed by atoms with Gasteiger partial charge in [-0.3, -0.25) is 13.9 Å². The molecule has 0 aliphatic heterocycles. The highest BCUT2D eigenvalue weighted by Crippen LogP contribution is 2.29. The predicted octanol–water partition coefficient (Wildman–Crippen LogP) is 2.33. The third-order valence-corrected chi connectivity index (χ3v) is 5.78. The topological polar surface area (TPSA) is 117 Å². The first-order chi connectivity index (χ1) is 17.6. The molecule has 0 fully saturated rings. The maximum Gasteiger partial charge on any atom is 0.355 e. The lowest BCUT2D eigenvalue weighted by Gasteiger charge is -2.16. The maximum absolute atomic E-state index is 14.5. The number of nitrogens with zero attached hydrogens (tertiary/aromatic N) is 8. The van der Waals surface area contributed by atoms with Crippen molar-refractivity contribution in [3.63, 3.8) is 0 Å². The monoisotopic (exact) mass is 531 g/mol. The Labute approximate surface area is 210 Å². The van der Waals surface area contributed by atoms with Crippen LogP contribution in [0.3, 0.4) is 0 Å². The van der Waals surface area contributed by atoms with Crippen LogP contribution in [0.4, 0.5) is 24.8 Å². The number of aromatic nitrogens is 8. The summed E-state index contributed by atoms with van der Waals surface area (Å²) in [5.41, 5.74) is -1.33. The molecule has 190 valence electrons. The number of anilines is 2. The van der Waals surface area contributed by atoms with Gasteiger partial charge in [-0.05, 0) is 18.2 Å². The lowest BCUT2D eigenvalue weighted by atomic mass is 10.2. The van der Waals surface area contributed by atoms with Crippen molar-refractivity contribution in [1.82, 2.24) is 38.7 Å².